The van der Waals surface area contributed by atoms with Gasteiger partial charge < -0.3 is 14.0 Å². The Labute approximate surface area is 211 Å². The van der Waals surface area contributed by atoms with Crippen molar-refractivity contribution in [2.75, 3.05) is 7.11 Å². The predicted octanol–water partition coefficient (Wildman–Crippen LogP) is 6.42. The Hall–Kier alpha value is -3.35. The molecule has 8 heteroatoms. The molecule has 0 atom stereocenters. The Morgan fingerprint density at radius 1 is 0.971 bits per heavy atom. The molecule has 4 aromatic rings. The van der Waals surface area contributed by atoms with E-state index in [9.17, 15) is 14.0 Å². The van der Waals surface area contributed by atoms with Crippen molar-refractivity contribution in [2.45, 2.75) is 26.5 Å². The van der Waals surface area contributed by atoms with E-state index in [0.717, 1.165) is 17.2 Å². The molecule has 0 saturated carbocycles. The minimum absolute atomic E-state index is 0.00174. The molecule has 0 aliphatic rings. The first-order valence-electron chi connectivity index (χ1n) is 10.9. The van der Waals surface area contributed by atoms with Gasteiger partial charge in [0, 0.05) is 33.7 Å². The highest BCUT2D eigenvalue weighted by atomic mass is 35.5. The summed E-state index contributed by atoms with van der Waals surface area (Å²) in [4.78, 5) is 26.6. The molecule has 0 radical (unpaired) electrons. The fourth-order valence-corrected chi connectivity index (χ4v) is 4.24. The number of benzene rings is 3. The van der Waals surface area contributed by atoms with Crippen LogP contribution in [-0.4, -0.2) is 17.6 Å². The molecule has 0 bridgehead atoms. The fraction of sp³-hybridized carbons (Fsp3) is 0.185. The van der Waals surface area contributed by atoms with Gasteiger partial charge in [-0.15, -0.1) is 0 Å². The van der Waals surface area contributed by atoms with Crippen molar-refractivity contribution >= 4 is 40.1 Å². The van der Waals surface area contributed by atoms with Crippen molar-refractivity contribution < 1.29 is 18.7 Å². The van der Waals surface area contributed by atoms with Gasteiger partial charge in [-0.05, 0) is 47.9 Å². The molecule has 0 aliphatic heterocycles. The van der Waals surface area contributed by atoms with Crippen LogP contribution >= 0.6 is 23.2 Å². The van der Waals surface area contributed by atoms with E-state index in [4.69, 9.17) is 32.7 Å². The fourth-order valence-electron chi connectivity index (χ4n) is 3.98. The molecular weight excluding hydrogens is 492 g/mol. The Morgan fingerprint density at radius 2 is 1.57 bits per heavy atom. The largest absolute Gasteiger partial charge is 0.494 e. The molecule has 180 valence electrons. The number of methoxy groups -OCH3 is 1. The van der Waals surface area contributed by atoms with Crippen molar-refractivity contribution in [3.8, 4) is 5.75 Å². The number of ether oxygens (including phenoxy) is 2. The van der Waals surface area contributed by atoms with Crippen LogP contribution in [-0.2, 0) is 24.3 Å². The summed E-state index contributed by atoms with van der Waals surface area (Å²) in [6.07, 6.45) is 0.365. The van der Waals surface area contributed by atoms with Gasteiger partial charge in [0.2, 0.25) is 5.43 Å². The zero-order valence-electron chi connectivity index (χ0n) is 19.1. The second kappa shape index (κ2) is 10.5. The maximum absolute atomic E-state index is 14.6. The van der Waals surface area contributed by atoms with Gasteiger partial charge in [-0.25, -0.2) is 9.18 Å². The van der Waals surface area contributed by atoms with Gasteiger partial charge in [0.05, 0.1) is 12.6 Å². The van der Waals surface area contributed by atoms with Crippen molar-refractivity contribution in [1.29, 1.82) is 0 Å². The Bertz CT molecular complexity index is 1450. The number of nitrogens with zero attached hydrogens (tertiary/aromatic N) is 1. The first-order valence-corrected chi connectivity index (χ1v) is 11.7. The second-order valence-corrected chi connectivity index (χ2v) is 8.80. The zero-order valence-corrected chi connectivity index (χ0v) is 20.6. The van der Waals surface area contributed by atoms with Gasteiger partial charge in [-0.3, -0.25) is 4.79 Å². The van der Waals surface area contributed by atoms with Gasteiger partial charge in [0.15, 0.2) is 11.6 Å². The minimum atomic E-state index is -0.773. The van der Waals surface area contributed by atoms with E-state index in [1.54, 1.807) is 36.4 Å². The maximum atomic E-state index is 14.6. The van der Waals surface area contributed by atoms with Gasteiger partial charge in [0.25, 0.3) is 0 Å². The van der Waals surface area contributed by atoms with E-state index < -0.39 is 17.2 Å². The monoisotopic (exact) mass is 513 g/mol. The molecule has 4 rings (SSSR count). The molecule has 3 aromatic carbocycles. The molecule has 0 aliphatic carbocycles. The predicted molar refractivity (Wildman–Crippen MR) is 135 cm³/mol. The van der Waals surface area contributed by atoms with Crippen molar-refractivity contribution in [1.82, 2.24) is 4.57 Å². The summed E-state index contributed by atoms with van der Waals surface area (Å²) in [5.41, 5.74) is 1.83. The topological polar surface area (TPSA) is 57.5 Å². The van der Waals surface area contributed by atoms with E-state index in [-0.39, 0.29) is 23.3 Å². The number of fused-ring (bicyclic) bond motifs is 1. The van der Waals surface area contributed by atoms with Crippen LogP contribution in [0, 0.1) is 5.82 Å². The van der Waals surface area contributed by atoms with Crippen LogP contribution in [0.15, 0.2) is 65.5 Å². The molecule has 0 amide bonds. The Kier molecular flexibility index (Phi) is 7.43. The smallest absolute Gasteiger partial charge is 0.344 e. The SMILES string of the molecule is CCc1c(C(=O)OCc2ccc(Cl)cc2)c(=O)c2cc(F)c(OC)cc2n1Cc1ccc(Cl)cc1. The lowest BCUT2D eigenvalue weighted by molar-refractivity contribution is 0.0469. The highest BCUT2D eigenvalue weighted by molar-refractivity contribution is 6.30. The van der Waals surface area contributed by atoms with Crippen molar-refractivity contribution in [3.63, 3.8) is 0 Å². The lowest BCUT2D eigenvalue weighted by Gasteiger charge is -2.20. The van der Waals surface area contributed by atoms with E-state index in [2.05, 4.69) is 0 Å². The highest BCUT2D eigenvalue weighted by Gasteiger charge is 2.24. The lowest BCUT2D eigenvalue weighted by Crippen LogP contribution is -2.26. The van der Waals surface area contributed by atoms with E-state index in [1.807, 2.05) is 23.6 Å². The molecule has 0 saturated heterocycles. The van der Waals surface area contributed by atoms with Crippen LogP contribution in [0.2, 0.25) is 10.0 Å². The van der Waals surface area contributed by atoms with Gasteiger partial charge in [0.1, 0.15) is 12.2 Å². The summed E-state index contributed by atoms with van der Waals surface area (Å²) in [7, 11) is 1.36. The number of carbonyl (C=O) groups excluding carboxylic acids is 1. The second-order valence-electron chi connectivity index (χ2n) is 7.92. The van der Waals surface area contributed by atoms with Crippen LogP contribution in [0.1, 0.15) is 34.1 Å². The highest BCUT2D eigenvalue weighted by Crippen LogP contribution is 2.27. The minimum Gasteiger partial charge on any atom is -0.494 e. The number of aromatic nitrogens is 1. The standard InChI is InChI=1S/C27H22Cl2FNO4/c1-3-22-25(27(33)35-15-17-6-10-19(29)11-7-17)26(32)20-12-21(30)24(34-2)13-23(20)31(22)14-16-4-8-18(28)9-5-16/h4-13H,3,14-15H2,1-2H3. The molecule has 35 heavy (non-hydrogen) atoms. The number of halogens is 3. The summed E-state index contributed by atoms with van der Waals surface area (Å²) < 4.78 is 27.1. The number of esters is 1. The molecule has 0 spiro atoms. The zero-order chi connectivity index (χ0) is 25.1. The molecule has 0 unspecified atom stereocenters. The molecular formula is C27H22Cl2FNO4. The number of hydrogen-bond donors (Lipinski definition) is 0. The Morgan fingerprint density at radius 3 is 2.14 bits per heavy atom. The molecule has 1 heterocycles. The molecule has 0 N–H and O–H groups in total. The third-order valence-electron chi connectivity index (χ3n) is 5.72. The number of rotatable bonds is 7. The molecule has 0 fully saturated rings. The van der Waals surface area contributed by atoms with Gasteiger partial charge in [-0.1, -0.05) is 54.4 Å². The van der Waals surface area contributed by atoms with Gasteiger partial charge >= 0.3 is 5.97 Å². The van der Waals surface area contributed by atoms with Crippen molar-refractivity contribution in [3.05, 3.63) is 109 Å². The van der Waals surface area contributed by atoms with Crippen LogP contribution in [0.3, 0.4) is 0 Å². The molecule has 1 aromatic heterocycles. The van der Waals surface area contributed by atoms with E-state index >= 15 is 0 Å². The third-order valence-corrected chi connectivity index (χ3v) is 6.23. The summed E-state index contributed by atoms with van der Waals surface area (Å²) in [6.45, 7) is 2.13. The summed E-state index contributed by atoms with van der Waals surface area (Å²) in [5.74, 6) is -1.47. The maximum Gasteiger partial charge on any atom is 0.344 e. The van der Waals surface area contributed by atoms with Crippen LogP contribution in [0.5, 0.6) is 5.75 Å². The summed E-state index contributed by atoms with van der Waals surface area (Å²) in [6, 6.07) is 16.6. The van der Waals surface area contributed by atoms with E-state index in [1.165, 1.54) is 13.2 Å². The lowest BCUT2D eigenvalue weighted by atomic mass is 10.0. The molecule has 5 nitrogen and oxygen atoms in total. The van der Waals surface area contributed by atoms with Crippen LogP contribution in [0.4, 0.5) is 4.39 Å². The number of carbonyl (C=O) groups is 1. The number of hydrogen-bond acceptors (Lipinski definition) is 4. The van der Waals surface area contributed by atoms with Crippen molar-refractivity contribution in [2.24, 2.45) is 0 Å². The van der Waals surface area contributed by atoms with E-state index in [0.29, 0.717) is 34.2 Å². The first-order chi connectivity index (χ1) is 16.8. The van der Waals surface area contributed by atoms with Crippen LogP contribution < -0.4 is 10.2 Å². The quantitative estimate of drug-likeness (QED) is 0.267. The van der Waals surface area contributed by atoms with Gasteiger partial charge in [-0.2, -0.15) is 0 Å². The average Bonchev–Trinajstić information content (AvgIpc) is 2.86. The third kappa shape index (κ3) is 5.19. The Balaban J connectivity index is 1.86. The average molecular weight is 514 g/mol. The normalized spacial score (nSPS) is 11.0. The number of pyridine rings is 1. The first kappa shape index (κ1) is 24.8. The summed E-state index contributed by atoms with van der Waals surface area (Å²) >= 11 is 11.9. The summed E-state index contributed by atoms with van der Waals surface area (Å²) in [5, 5.41) is 1.21. The van der Waals surface area contributed by atoms with Crippen LogP contribution in [0.25, 0.3) is 10.9 Å².